The molecule has 2 rings (SSSR count). The van der Waals surface area contributed by atoms with Crippen LogP contribution in [-0.2, 0) is 0 Å². The summed E-state index contributed by atoms with van der Waals surface area (Å²) in [6.45, 7) is 3.88. The predicted molar refractivity (Wildman–Crippen MR) is 68.4 cm³/mol. The Balaban J connectivity index is 2.22. The number of hydrogen-bond donors (Lipinski definition) is 1. The van der Waals surface area contributed by atoms with Gasteiger partial charge in [-0.1, -0.05) is 0 Å². The van der Waals surface area contributed by atoms with Crippen molar-refractivity contribution in [3.63, 3.8) is 0 Å². The van der Waals surface area contributed by atoms with Crippen molar-refractivity contribution in [2.45, 2.75) is 32.3 Å². The van der Waals surface area contributed by atoms with E-state index in [4.69, 9.17) is 10.5 Å². The third-order valence-electron chi connectivity index (χ3n) is 2.88. The lowest BCUT2D eigenvalue weighted by Gasteiger charge is -2.21. The SMILES string of the molecule is CC(C)Oc1ccc(N)c(N2CCC(F)(F)C2)c1. The van der Waals surface area contributed by atoms with Gasteiger partial charge in [0.15, 0.2) is 0 Å². The van der Waals surface area contributed by atoms with E-state index in [0.717, 1.165) is 0 Å². The molecule has 0 radical (unpaired) electrons. The zero-order valence-electron chi connectivity index (χ0n) is 10.6. The highest BCUT2D eigenvalue weighted by Crippen LogP contribution is 2.35. The first-order chi connectivity index (χ1) is 8.37. The van der Waals surface area contributed by atoms with Crippen LogP contribution in [0.25, 0.3) is 0 Å². The van der Waals surface area contributed by atoms with E-state index in [0.29, 0.717) is 23.7 Å². The molecule has 0 unspecified atom stereocenters. The monoisotopic (exact) mass is 256 g/mol. The lowest BCUT2D eigenvalue weighted by molar-refractivity contribution is 0.0257. The second-order valence-corrected chi connectivity index (χ2v) is 4.91. The molecule has 1 saturated heterocycles. The van der Waals surface area contributed by atoms with E-state index in [1.54, 1.807) is 23.1 Å². The minimum atomic E-state index is -2.62. The number of hydrogen-bond acceptors (Lipinski definition) is 3. The normalized spacial score (nSPS) is 18.4. The van der Waals surface area contributed by atoms with Gasteiger partial charge >= 0.3 is 0 Å². The van der Waals surface area contributed by atoms with Gasteiger partial charge < -0.3 is 15.4 Å². The maximum atomic E-state index is 13.2. The van der Waals surface area contributed by atoms with Gasteiger partial charge in [-0.3, -0.25) is 0 Å². The average Bonchev–Trinajstić information content (AvgIpc) is 2.61. The second kappa shape index (κ2) is 4.63. The van der Waals surface area contributed by atoms with Crippen LogP contribution in [0.2, 0.25) is 0 Å². The van der Waals surface area contributed by atoms with E-state index in [2.05, 4.69) is 0 Å². The molecule has 0 aromatic heterocycles. The first-order valence-corrected chi connectivity index (χ1v) is 6.06. The molecule has 1 fully saturated rings. The lowest BCUT2D eigenvalue weighted by atomic mass is 10.2. The van der Waals surface area contributed by atoms with E-state index in [-0.39, 0.29) is 19.1 Å². The Morgan fingerprint density at radius 3 is 2.67 bits per heavy atom. The Morgan fingerprint density at radius 1 is 1.39 bits per heavy atom. The van der Waals surface area contributed by atoms with Crippen LogP contribution in [0.1, 0.15) is 20.3 Å². The minimum Gasteiger partial charge on any atom is -0.491 e. The molecule has 1 aliphatic rings. The molecule has 2 N–H and O–H groups in total. The van der Waals surface area contributed by atoms with Crippen LogP contribution in [0.4, 0.5) is 20.2 Å². The van der Waals surface area contributed by atoms with Crippen molar-refractivity contribution in [1.29, 1.82) is 0 Å². The van der Waals surface area contributed by atoms with Gasteiger partial charge in [-0.2, -0.15) is 0 Å². The van der Waals surface area contributed by atoms with Crippen molar-refractivity contribution in [2.24, 2.45) is 0 Å². The molecule has 0 aliphatic carbocycles. The molecule has 0 atom stereocenters. The second-order valence-electron chi connectivity index (χ2n) is 4.91. The number of nitrogens with two attached hydrogens (primary N) is 1. The summed E-state index contributed by atoms with van der Waals surface area (Å²) in [6, 6.07) is 5.19. The number of ether oxygens (including phenoxy) is 1. The molecule has 100 valence electrons. The van der Waals surface area contributed by atoms with Crippen molar-refractivity contribution >= 4 is 11.4 Å². The van der Waals surface area contributed by atoms with Gasteiger partial charge in [-0.25, -0.2) is 8.78 Å². The molecule has 0 bridgehead atoms. The molecular formula is C13H18F2N2O. The molecule has 18 heavy (non-hydrogen) atoms. The fourth-order valence-electron chi connectivity index (χ4n) is 2.08. The maximum Gasteiger partial charge on any atom is 0.266 e. The molecule has 0 amide bonds. The van der Waals surface area contributed by atoms with Crippen LogP contribution in [0.5, 0.6) is 5.75 Å². The lowest BCUT2D eigenvalue weighted by Crippen LogP contribution is -2.25. The fourth-order valence-corrected chi connectivity index (χ4v) is 2.08. The van der Waals surface area contributed by atoms with Crippen molar-refractivity contribution in [3.8, 4) is 5.75 Å². The number of nitrogens with zero attached hydrogens (tertiary/aromatic N) is 1. The molecule has 0 spiro atoms. The number of rotatable bonds is 3. The quantitative estimate of drug-likeness (QED) is 0.845. The summed E-state index contributed by atoms with van der Waals surface area (Å²) in [6.07, 6.45) is -0.0803. The third-order valence-corrected chi connectivity index (χ3v) is 2.88. The van der Waals surface area contributed by atoms with Crippen LogP contribution in [0.3, 0.4) is 0 Å². The number of alkyl halides is 2. The Hall–Kier alpha value is -1.52. The van der Waals surface area contributed by atoms with Gasteiger partial charge in [0.1, 0.15) is 5.75 Å². The molecule has 0 saturated carbocycles. The highest BCUT2D eigenvalue weighted by Gasteiger charge is 2.38. The molecule has 1 aromatic carbocycles. The van der Waals surface area contributed by atoms with Gasteiger partial charge in [0.2, 0.25) is 0 Å². The Bertz CT molecular complexity index is 435. The molecule has 1 heterocycles. The largest absolute Gasteiger partial charge is 0.491 e. The van der Waals surface area contributed by atoms with Crippen LogP contribution in [-0.4, -0.2) is 25.1 Å². The highest BCUT2D eigenvalue weighted by molar-refractivity contribution is 5.70. The smallest absolute Gasteiger partial charge is 0.266 e. The number of halogens is 2. The van der Waals surface area contributed by atoms with E-state index < -0.39 is 5.92 Å². The minimum absolute atomic E-state index is 0.0430. The van der Waals surface area contributed by atoms with E-state index in [1.165, 1.54) is 0 Å². The van der Waals surface area contributed by atoms with Gasteiger partial charge in [-0.15, -0.1) is 0 Å². The first-order valence-electron chi connectivity index (χ1n) is 6.06. The summed E-state index contributed by atoms with van der Waals surface area (Å²) in [4.78, 5) is 1.61. The third kappa shape index (κ3) is 2.83. The van der Waals surface area contributed by atoms with E-state index in [1.807, 2.05) is 13.8 Å². The van der Waals surface area contributed by atoms with E-state index >= 15 is 0 Å². The molecule has 5 heteroatoms. The van der Waals surface area contributed by atoms with Gasteiger partial charge in [-0.05, 0) is 26.0 Å². The standard InChI is InChI=1S/C13H18F2N2O/c1-9(2)18-10-3-4-11(16)12(7-10)17-6-5-13(14,15)8-17/h3-4,7,9H,5-6,8,16H2,1-2H3. The summed E-state index contributed by atoms with van der Waals surface area (Å²) in [5, 5.41) is 0. The number of benzene rings is 1. The van der Waals surface area contributed by atoms with Gasteiger partial charge in [0.05, 0.1) is 24.0 Å². The van der Waals surface area contributed by atoms with Gasteiger partial charge in [0.25, 0.3) is 5.92 Å². The summed E-state index contributed by atoms with van der Waals surface area (Å²) < 4.78 is 32.0. The number of anilines is 2. The summed E-state index contributed by atoms with van der Waals surface area (Å²) >= 11 is 0. The Labute approximate surface area is 106 Å². The molecular weight excluding hydrogens is 238 g/mol. The molecule has 3 nitrogen and oxygen atoms in total. The van der Waals surface area contributed by atoms with Crippen LogP contribution in [0, 0.1) is 0 Å². The molecule has 1 aromatic rings. The predicted octanol–water partition coefficient (Wildman–Crippen LogP) is 2.90. The Morgan fingerprint density at radius 2 is 2.11 bits per heavy atom. The van der Waals surface area contributed by atoms with Crippen LogP contribution >= 0.6 is 0 Å². The highest BCUT2D eigenvalue weighted by atomic mass is 19.3. The average molecular weight is 256 g/mol. The first kappa shape index (κ1) is 12.9. The van der Waals surface area contributed by atoms with Crippen LogP contribution < -0.4 is 15.4 Å². The van der Waals surface area contributed by atoms with Crippen molar-refractivity contribution in [1.82, 2.24) is 0 Å². The zero-order chi connectivity index (χ0) is 13.3. The summed E-state index contributed by atoms with van der Waals surface area (Å²) in [7, 11) is 0. The Kier molecular flexibility index (Phi) is 3.32. The number of nitrogen functional groups attached to an aromatic ring is 1. The van der Waals surface area contributed by atoms with Gasteiger partial charge in [0, 0.05) is 19.0 Å². The van der Waals surface area contributed by atoms with Crippen LogP contribution in [0.15, 0.2) is 18.2 Å². The van der Waals surface area contributed by atoms with E-state index in [9.17, 15) is 8.78 Å². The van der Waals surface area contributed by atoms with Crippen molar-refractivity contribution in [2.75, 3.05) is 23.7 Å². The maximum absolute atomic E-state index is 13.2. The summed E-state index contributed by atoms with van der Waals surface area (Å²) in [5.41, 5.74) is 6.98. The topological polar surface area (TPSA) is 38.5 Å². The zero-order valence-corrected chi connectivity index (χ0v) is 10.6. The van der Waals surface area contributed by atoms with Crippen molar-refractivity contribution < 1.29 is 13.5 Å². The van der Waals surface area contributed by atoms with Crippen molar-refractivity contribution in [3.05, 3.63) is 18.2 Å². The molecule has 1 aliphatic heterocycles. The summed E-state index contributed by atoms with van der Waals surface area (Å²) in [5.74, 6) is -1.97. The fraction of sp³-hybridized carbons (Fsp3) is 0.538.